The van der Waals surface area contributed by atoms with Gasteiger partial charge in [-0.15, -0.1) is 0 Å². The molecule has 0 N–H and O–H groups in total. The first-order valence-corrected chi connectivity index (χ1v) is 8.64. The van der Waals surface area contributed by atoms with E-state index < -0.39 is 0 Å². The molecule has 1 aliphatic heterocycles. The summed E-state index contributed by atoms with van der Waals surface area (Å²) < 4.78 is 13.1. The van der Waals surface area contributed by atoms with Crippen LogP contribution in [-0.2, 0) is 6.54 Å². The molecule has 4 heterocycles. The van der Waals surface area contributed by atoms with E-state index in [0.717, 1.165) is 39.4 Å². The average Bonchev–Trinajstić information content (AvgIpc) is 3.19. The molecule has 0 aliphatic carbocycles. The molecule has 0 atom stereocenters. The second-order valence-corrected chi connectivity index (χ2v) is 6.25. The average molecular weight is 369 g/mol. The summed E-state index contributed by atoms with van der Waals surface area (Å²) in [6.45, 7) is 5.13. The maximum Gasteiger partial charge on any atom is 0.203 e. The molecular weight excluding hydrogens is 352 g/mol. The number of imidazole rings is 1. The predicted octanol–water partition coefficient (Wildman–Crippen LogP) is 4.44. The van der Waals surface area contributed by atoms with Crippen LogP contribution in [0, 0.1) is 13.8 Å². The molecule has 5 rings (SSSR count). The highest BCUT2D eigenvalue weighted by molar-refractivity contribution is 6.29. The molecule has 0 amide bonds. The van der Waals surface area contributed by atoms with E-state index in [2.05, 4.69) is 15.1 Å². The van der Waals surface area contributed by atoms with E-state index in [1.54, 1.807) is 12.4 Å². The van der Waals surface area contributed by atoms with Gasteiger partial charge in [-0.05, 0) is 49.7 Å². The Hall–Kier alpha value is -2.86. The van der Waals surface area contributed by atoms with Gasteiger partial charge in [0.15, 0.2) is 5.75 Å². The first-order valence-electron chi connectivity index (χ1n) is 8.26. The van der Waals surface area contributed by atoms with Crippen molar-refractivity contribution >= 4 is 22.6 Å². The molecule has 1 aromatic carbocycles. The van der Waals surface area contributed by atoms with E-state index in [4.69, 9.17) is 20.9 Å². The highest BCUT2D eigenvalue weighted by Crippen LogP contribution is 2.41. The number of ether oxygens (including phenoxy) is 1. The van der Waals surface area contributed by atoms with Gasteiger partial charge >= 0.3 is 0 Å². The van der Waals surface area contributed by atoms with Gasteiger partial charge in [-0.2, -0.15) is 0 Å². The van der Waals surface area contributed by atoms with E-state index in [9.17, 15) is 0 Å². The zero-order chi connectivity index (χ0) is 18.1. The van der Waals surface area contributed by atoms with Crippen molar-refractivity contribution < 1.29 is 9.26 Å². The lowest BCUT2D eigenvalue weighted by Crippen LogP contribution is -2.14. The van der Waals surface area contributed by atoms with Crippen molar-refractivity contribution in [2.24, 2.45) is 0 Å². The lowest BCUT2D eigenvalue weighted by molar-refractivity contribution is 0.288. The van der Waals surface area contributed by atoms with Crippen molar-refractivity contribution in [1.82, 2.24) is 19.7 Å². The summed E-state index contributed by atoms with van der Waals surface area (Å²) in [6.07, 6.45) is 3.50. The Morgan fingerprint density at radius 2 is 1.92 bits per heavy atom. The van der Waals surface area contributed by atoms with Crippen molar-refractivity contribution in [2.45, 2.75) is 20.4 Å². The minimum atomic E-state index is 0.500. The Balaban J connectivity index is 0.000000240. The monoisotopic (exact) mass is 368 g/mol. The van der Waals surface area contributed by atoms with Crippen molar-refractivity contribution in [2.75, 3.05) is 6.61 Å². The molecule has 0 radical (unpaired) electrons. The Kier molecular flexibility index (Phi) is 4.34. The first kappa shape index (κ1) is 16.6. The van der Waals surface area contributed by atoms with E-state index >= 15 is 0 Å². The van der Waals surface area contributed by atoms with Crippen LogP contribution in [-0.4, -0.2) is 26.3 Å². The molecule has 3 aromatic heterocycles. The molecule has 0 saturated carbocycles. The van der Waals surface area contributed by atoms with E-state index in [1.165, 1.54) is 0 Å². The molecule has 0 fully saturated rings. The molecule has 1 aliphatic rings. The quantitative estimate of drug-likeness (QED) is 0.497. The minimum Gasteiger partial charge on any atom is -0.489 e. The van der Waals surface area contributed by atoms with Gasteiger partial charge in [0.05, 0.1) is 23.3 Å². The van der Waals surface area contributed by atoms with Crippen LogP contribution < -0.4 is 4.74 Å². The van der Waals surface area contributed by atoms with Gasteiger partial charge in [-0.1, -0.05) is 11.2 Å². The fourth-order valence-corrected chi connectivity index (χ4v) is 3.39. The van der Waals surface area contributed by atoms with Gasteiger partial charge < -0.3 is 13.8 Å². The molecule has 0 spiro atoms. The van der Waals surface area contributed by atoms with Gasteiger partial charge in [0.25, 0.3) is 0 Å². The molecule has 6 nitrogen and oxygen atoms in total. The van der Waals surface area contributed by atoms with E-state index in [1.807, 2.05) is 48.7 Å². The zero-order valence-corrected chi connectivity index (χ0v) is 15.2. The summed E-state index contributed by atoms with van der Waals surface area (Å²) in [5.41, 5.74) is 4.60. The molecule has 0 unspecified atom stereocenters. The fourth-order valence-electron chi connectivity index (χ4n) is 3.13. The van der Waals surface area contributed by atoms with Gasteiger partial charge in [0, 0.05) is 18.0 Å². The Labute approximate surface area is 155 Å². The summed E-state index contributed by atoms with van der Waals surface area (Å²) in [6, 6.07) is 9.66. The zero-order valence-electron chi connectivity index (χ0n) is 14.4. The lowest BCUT2D eigenvalue weighted by atomic mass is 10.0. The highest BCUT2D eigenvalue weighted by Gasteiger charge is 2.24. The summed E-state index contributed by atoms with van der Waals surface area (Å²) in [4.78, 5) is 8.15. The number of nitrogens with zero attached hydrogens (tertiary/aromatic N) is 4. The fraction of sp³-hybridized carbons (Fsp3) is 0.211. The number of aromatic nitrogens is 4. The summed E-state index contributed by atoms with van der Waals surface area (Å²) in [5, 5.41) is 4.52. The largest absolute Gasteiger partial charge is 0.489 e. The van der Waals surface area contributed by atoms with E-state index in [-0.39, 0.29) is 0 Å². The Morgan fingerprint density at radius 3 is 2.54 bits per heavy atom. The Morgan fingerprint density at radius 1 is 1.12 bits per heavy atom. The second kappa shape index (κ2) is 6.80. The van der Waals surface area contributed by atoms with Crippen LogP contribution in [0.2, 0.25) is 5.28 Å². The van der Waals surface area contributed by atoms with Crippen LogP contribution >= 0.6 is 11.6 Å². The summed E-state index contributed by atoms with van der Waals surface area (Å²) >= 11 is 6.18. The van der Waals surface area contributed by atoms with Crippen LogP contribution in [0.3, 0.4) is 0 Å². The van der Waals surface area contributed by atoms with Gasteiger partial charge in [0.1, 0.15) is 17.9 Å². The van der Waals surface area contributed by atoms with Crippen LogP contribution in [0.5, 0.6) is 5.75 Å². The molecule has 4 aromatic rings. The van der Waals surface area contributed by atoms with Crippen molar-refractivity contribution in [3.63, 3.8) is 0 Å². The number of aryl methyl sites for hydroxylation is 2. The third-order valence-corrected chi connectivity index (χ3v) is 4.53. The van der Waals surface area contributed by atoms with Gasteiger partial charge in [-0.25, -0.2) is 4.98 Å². The highest BCUT2D eigenvalue weighted by atomic mass is 35.5. The number of hydrogen-bond acceptors (Lipinski definition) is 5. The van der Waals surface area contributed by atoms with Gasteiger partial charge in [0.2, 0.25) is 5.28 Å². The number of hydrogen-bond donors (Lipinski definition) is 0. The molecule has 132 valence electrons. The molecule has 7 heteroatoms. The maximum atomic E-state index is 6.18. The second-order valence-electron chi connectivity index (χ2n) is 5.91. The van der Waals surface area contributed by atoms with Crippen molar-refractivity contribution in [3.8, 4) is 16.9 Å². The topological polar surface area (TPSA) is 66.0 Å². The predicted molar refractivity (Wildman–Crippen MR) is 99.4 cm³/mol. The van der Waals surface area contributed by atoms with Crippen LogP contribution in [0.4, 0.5) is 0 Å². The molecule has 0 saturated heterocycles. The summed E-state index contributed by atoms with van der Waals surface area (Å²) in [5.74, 6) is 1.59. The number of benzene rings is 1. The lowest BCUT2D eigenvalue weighted by Gasteiger charge is -2.19. The maximum absolute atomic E-state index is 6.18. The molecular formula is C19H17ClN4O2. The summed E-state index contributed by atoms with van der Waals surface area (Å²) in [7, 11) is 0. The van der Waals surface area contributed by atoms with Crippen molar-refractivity contribution in [3.05, 3.63) is 59.5 Å². The number of pyridine rings is 1. The Bertz CT molecular complexity index is 1010. The van der Waals surface area contributed by atoms with Crippen molar-refractivity contribution in [1.29, 1.82) is 0 Å². The van der Waals surface area contributed by atoms with Gasteiger partial charge in [-0.3, -0.25) is 4.98 Å². The molecule has 26 heavy (non-hydrogen) atoms. The SMILES string of the molecule is Cc1noc(C)c1-c1ccc2nc(Cl)n3c2c1OCC3.c1ccncc1. The number of rotatable bonds is 1. The van der Waals surface area contributed by atoms with Crippen LogP contribution in [0.1, 0.15) is 11.5 Å². The minimum absolute atomic E-state index is 0.500. The van der Waals surface area contributed by atoms with E-state index in [0.29, 0.717) is 18.4 Å². The first-order chi connectivity index (χ1) is 12.7. The van der Waals surface area contributed by atoms with Crippen LogP contribution in [0.25, 0.3) is 22.2 Å². The normalized spacial score (nSPS) is 12.4. The standard InChI is InChI=1S/C14H12ClN3O2.C5H5N/c1-7-11(8(2)20-17-7)9-3-4-10-12-13(9)19-6-5-18(12)14(15)16-10;1-2-4-6-5-3-1/h3-4H,5-6H2,1-2H3;1-5H. The third kappa shape index (κ3) is 2.82. The third-order valence-electron chi connectivity index (χ3n) is 4.25. The molecule has 0 bridgehead atoms. The van der Waals surface area contributed by atoms with Crippen LogP contribution in [0.15, 0.2) is 47.2 Å². The smallest absolute Gasteiger partial charge is 0.203 e. The number of halogens is 1.